The number of nitrogens with zero attached hydrogens (tertiary/aromatic N) is 2. The second-order valence-electron chi connectivity index (χ2n) is 5.08. The molecule has 3 nitrogen and oxygen atoms in total. The van der Waals surface area contributed by atoms with Crippen molar-refractivity contribution < 1.29 is 4.74 Å². The van der Waals surface area contributed by atoms with E-state index in [1.807, 2.05) is 30.3 Å². The minimum Gasteiger partial charge on any atom is -0.495 e. The Bertz CT molecular complexity index is 840. The minimum absolute atomic E-state index is 0.573. The predicted octanol–water partition coefficient (Wildman–Crippen LogP) is 3.88. The molecule has 3 heteroatoms. The Labute approximate surface area is 124 Å². The molecule has 21 heavy (non-hydrogen) atoms. The fraction of sp³-hybridized carbons (Fsp3) is 0.167. The van der Waals surface area contributed by atoms with Gasteiger partial charge in [-0.2, -0.15) is 5.26 Å². The molecule has 0 radical (unpaired) electrons. The number of benzene rings is 2. The largest absolute Gasteiger partial charge is 0.495 e. The summed E-state index contributed by atoms with van der Waals surface area (Å²) < 4.78 is 7.45. The van der Waals surface area contributed by atoms with E-state index in [2.05, 4.69) is 35.8 Å². The number of aromatic nitrogens is 1. The van der Waals surface area contributed by atoms with E-state index < -0.39 is 0 Å². The number of hydrogen-bond acceptors (Lipinski definition) is 2. The van der Waals surface area contributed by atoms with Crippen molar-refractivity contribution in [3.63, 3.8) is 0 Å². The second-order valence-corrected chi connectivity index (χ2v) is 5.08. The summed E-state index contributed by atoms with van der Waals surface area (Å²) in [5.74, 6) is 0.621. The van der Waals surface area contributed by atoms with E-state index in [9.17, 15) is 5.26 Å². The Balaban J connectivity index is 2.03. The fourth-order valence-corrected chi connectivity index (χ4v) is 2.68. The maximum absolute atomic E-state index is 9.19. The number of methoxy groups -OCH3 is 1. The van der Waals surface area contributed by atoms with Crippen LogP contribution in [0.15, 0.2) is 48.5 Å². The van der Waals surface area contributed by atoms with Crippen molar-refractivity contribution in [3.8, 4) is 11.8 Å². The highest BCUT2D eigenvalue weighted by molar-refractivity contribution is 5.81. The molecule has 1 heterocycles. The minimum atomic E-state index is 0.573. The molecule has 0 bridgehead atoms. The average molecular weight is 276 g/mol. The quantitative estimate of drug-likeness (QED) is 0.728. The highest BCUT2D eigenvalue weighted by Gasteiger charge is 2.08. The number of hydrogen-bond donors (Lipinski definition) is 0. The maximum Gasteiger partial charge on any atom is 0.136 e. The van der Waals surface area contributed by atoms with Crippen molar-refractivity contribution in [2.75, 3.05) is 7.11 Å². The third-order valence-corrected chi connectivity index (χ3v) is 3.74. The van der Waals surface area contributed by atoms with Crippen molar-refractivity contribution >= 4 is 10.9 Å². The normalized spacial score (nSPS) is 10.5. The molecule has 3 rings (SSSR count). The summed E-state index contributed by atoms with van der Waals surface area (Å²) in [4.78, 5) is 0. The van der Waals surface area contributed by atoms with E-state index >= 15 is 0 Å². The van der Waals surface area contributed by atoms with Crippen LogP contribution in [0.25, 0.3) is 10.9 Å². The van der Waals surface area contributed by atoms with Gasteiger partial charge < -0.3 is 9.30 Å². The van der Waals surface area contributed by atoms with Gasteiger partial charge >= 0.3 is 0 Å². The van der Waals surface area contributed by atoms with Gasteiger partial charge in [-0.15, -0.1) is 0 Å². The maximum atomic E-state index is 9.19. The number of para-hydroxylation sites is 1. The molecule has 2 aromatic carbocycles. The fourth-order valence-electron chi connectivity index (χ4n) is 2.68. The molecule has 0 amide bonds. The molecule has 0 saturated heterocycles. The zero-order valence-corrected chi connectivity index (χ0v) is 12.1. The van der Waals surface area contributed by atoms with E-state index in [1.54, 1.807) is 7.11 Å². The van der Waals surface area contributed by atoms with Gasteiger partial charge in [0.1, 0.15) is 11.8 Å². The Morgan fingerprint density at radius 1 is 1.14 bits per heavy atom. The SMILES string of the molecule is COc1ccc(Cn2c(C)cc3ccccc32)cc1C#N. The molecule has 0 N–H and O–H groups in total. The molecule has 104 valence electrons. The lowest BCUT2D eigenvalue weighted by molar-refractivity contribution is 0.413. The van der Waals surface area contributed by atoms with Crippen molar-refractivity contribution in [2.45, 2.75) is 13.5 Å². The standard InChI is InChI=1S/C18H16N2O/c1-13-9-15-5-3-4-6-17(15)20(13)12-14-7-8-18(21-2)16(10-14)11-19/h3-10H,12H2,1-2H3. The zero-order chi connectivity index (χ0) is 14.8. The van der Waals surface area contributed by atoms with Gasteiger partial charge in [-0.3, -0.25) is 0 Å². The number of aryl methyl sites for hydroxylation is 1. The highest BCUT2D eigenvalue weighted by Crippen LogP contribution is 2.23. The molecule has 0 unspecified atom stereocenters. The Morgan fingerprint density at radius 2 is 1.95 bits per heavy atom. The Morgan fingerprint density at radius 3 is 2.71 bits per heavy atom. The van der Waals surface area contributed by atoms with Crippen molar-refractivity contribution in [1.29, 1.82) is 5.26 Å². The van der Waals surface area contributed by atoms with Gasteiger partial charge in [0.15, 0.2) is 0 Å². The van der Waals surface area contributed by atoms with Crippen LogP contribution in [-0.2, 0) is 6.54 Å². The van der Waals surface area contributed by atoms with Gasteiger partial charge in [0, 0.05) is 17.8 Å². The van der Waals surface area contributed by atoms with Gasteiger partial charge in [0.25, 0.3) is 0 Å². The summed E-state index contributed by atoms with van der Waals surface area (Å²) in [6.07, 6.45) is 0. The first-order chi connectivity index (χ1) is 10.2. The van der Waals surface area contributed by atoms with Gasteiger partial charge in [-0.1, -0.05) is 24.3 Å². The third kappa shape index (κ3) is 2.36. The molecule has 0 atom stereocenters. The van der Waals surface area contributed by atoms with Crippen molar-refractivity contribution in [1.82, 2.24) is 4.57 Å². The monoisotopic (exact) mass is 276 g/mol. The van der Waals surface area contributed by atoms with E-state index in [0.717, 1.165) is 12.1 Å². The van der Waals surface area contributed by atoms with Crippen molar-refractivity contribution in [3.05, 3.63) is 65.4 Å². The number of fused-ring (bicyclic) bond motifs is 1. The third-order valence-electron chi connectivity index (χ3n) is 3.74. The molecule has 1 aromatic heterocycles. The summed E-state index contributed by atoms with van der Waals surface area (Å²) in [5.41, 5.74) is 4.09. The first-order valence-electron chi connectivity index (χ1n) is 6.85. The lowest BCUT2D eigenvalue weighted by Gasteiger charge is -2.10. The van der Waals surface area contributed by atoms with Crippen LogP contribution in [0.2, 0.25) is 0 Å². The molecule has 0 aliphatic rings. The van der Waals surface area contributed by atoms with Gasteiger partial charge in [0.05, 0.1) is 12.7 Å². The summed E-state index contributed by atoms with van der Waals surface area (Å²) in [6.45, 7) is 2.85. The zero-order valence-electron chi connectivity index (χ0n) is 12.1. The van der Waals surface area contributed by atoms with Crippen LogP contribution < -0.4 is 4.74 Å². The molecule has 0 fully saturated rings. The lowest BCUT2D eigenvalue weighted by Crippen LogP contribution is -2.02. The lowest BCUT2D eigenvalue weighted by atomic mass is 10.1. The second kappa shape index (κ2) is 5.34. The summed E-state index contributed by atoms with van der Waals surface area (Å²) in [5, 5.41) is 10.4. The molecule has 0 saturated carbocycles. The van der Waals surface area contributed by atoms with E-state index in [1.165, 1.54) is 16.6 Å². The number of ether oxygens (including phenoxy) is 1. The molecule has 0 spiro atoms. The molecular weight excluding hydrogens is 260 g/mol. The van der Waals surface area contributed by atoms with E-state index in [4.69, 9.17) is 4.74 Å². The van der Waals surface area contributed by atoms with Crippen LogP contribution in [-0.4, -0.2) is 11.7 Å². The highest BCUT2D eigenvalue weighted by atomic mass is 16.5. The number of rotatable bonds is 3. The average Bonchev–Trinajstić information content (AvgIpc) is 2.83. The van der Waals surface area contributed by atoms with Crippen LogP contribution >= 0.6 is 0 Å². The molecule has 0 aliphatic heterocycles. The topological polar surface area (TPSA) is 38.0 Å². The van der Waals surface area contributed by atoms with Crippen LogP contribution in [0.3, 0.4) is 0 Å². The van der Waals surface area contributed by atoms with Gasteiger partial charge in [-0.25, -0.2) is 0 Å². The smallest absolute Gasteiger partial charge is 0.136 e. The molecular formula is C18H16N2O. The predicted molar refractivity (Wildman–Crippen MR) is 83.5 cm³/mol. The first-order valence-corrected chi connectivity index (χ1v) is 6.85. The molecule has 3 aromatic rings. The Kier molecular flexibility index (Phi) is 3.37. The summed E-state index contributed by atoms with van der Waals surface area (Å²) >= 11 is 0. The van der Waals surface area contributed by atoms with Gasteiger partial charge in [0.2, 0.25) is 0 Å². The number of nitriles is 1. The molecule has 0 aliphatic carbocycles. The summed E-state index contributed by atoms with van der Waals surface area (Å²) in [7, 11) is 1.58. The first kappa shape index (κ1) is 13.3. The van der Waals surface area contributed by atoms with Crippen LogP contribution in [0.4, 0.5) is 0 Å². The van der Waals surface area contributed by atoms with Crippen molar-refractivity contribution in [2.24, 2.45) is 0 Å². The van der Waals surface area contributed by atoms with Crippen LogP contribution in [0, 0.1) is 18.3 Å². The van der Waals surface area contributed by atoms with Gasteiger partial charge in [-0.05, 0) is 42.1 Å². The van der Waals surface area contributed by atoms with Crippen LogP contribution in [0.5, 0.6) is 5.75 Å². The van der Waals surface area contributed by atoms with Crippen LogP contribution in [0.1, 0.15) is 16.8 Å². The van der Waals surface area contributed by atoms with E-state index in [0.29, 0.717) is 11.3 Å². The van der Waals surface area contributed by atoms with E-state index in [-0.39, 0.29) is 0 Å². The Hall–Kier alpha value is -2.73. The summed E-state index contributed by atoms with van der Waals surface area (Å²) in [6, 6.07) is 18.5.